The van der Waals surface area contributed by atoms with Gasteiger partial charge in [0, 0.05) is 0 Å². The van der Waals surface area contributed by atoms with E-state index < -0.39 is 0 Å². The van der Waals surface area contributed by atoms with Crippen LogP contribution in [0, 0.1) is 9.49 Å². The minimum atomic E-state index is 0.810. The van der Waals surface area contributed by atoms with Crippen LogP contribution < -0.4 is 4.74 Å². The molecule has 1 fully saturated rings. The second kappa shape index (κ2) is 4.34. The molecule has 0 bridgehead atoms. The lowest BCUT2D eigenvalue weighted by Gasteiger charge is -2.07. The van der Waals surface area contributed by atoms with E-state index in [2.05, 4.69) is 35.2 Å². The molecule has 0 unspecified atom stereocenters. The molecule has 1 aliphatic carbocycles. The van der Waals surface area contributed by atoms with Crippen LogP contribution >= 0.6 is 22.6 Å². The highest BCUT2D eigenvalue weighted by molar-refractivity contribution is 14.1. The Balaban J connectivity index is 2.04. The lowest BCUT2D eigenvalue weighted by atomic mass is 10.2. The molecule has 1 aromatic carbocycles. The van der Waals surface area contributed by atoms with Crippen LogP contribution in [0.5, 0.6) is 5.75 Å². The van der Waals surface area contributed by atoms with Gasteiger partial charge in [-0.1, -0.05) is 18.7 Å². The average Bonchev–Trinajstić information content (AvgIpc) is 2.99. The zero-order valence-corrected chi connectivity index (χ0v) is 10.2. The van der Waals surface area contributed by atoms with Crippen LogP contribution in [-0.2, 0) is 0 Å². The van der Waals surface area contributed by atoms with Crippen molar-refractivity contribution >= 4 is 28.7 Å². The van der Waals surface area contributed by atoms with Gasteiger partial charge >= 0.3 is 0 Å². The van der Waals surface area contributed by atoms with E-state index in [0.29, 0.717) is 0 Å². The third-order valence-electron chi connectivity index (χ3n) is 2.36. The Morgan fingerprint density at radius 3 is 2.86 bits per heavy atom. The molecule has 0 aliphatic heterocycles. The summed E-state index contributed by atoms with van der Waals surface area (Å²) in [5.74, 6) is 1.81. The van der Waals surface area contributed by atoms with Crippen molar-refractivity contribution in [2.45, 2.75) is 12.8 Å². The van der Waals surface area contributed by atoms with E-state index in [9.17, 15) is 0 Å². The maximum atomic E-state index is 5.72. The van der Waals surface area contributed by atoms with Gasteiger partial charge < -0.3 is 4.74 Å². The van der Waals surface area contributed by atoms with Crippen molar-refractivity contribution in [3.63, 3.8) is 0 Å². The van der Waals surface area contributed by atoms with Gasteiger partial charge in [-0.15, -0.1) is 0 Å². The topological polar surface area (TPSA) is 9.23 Å². The molecular weight excluding hydrogens is 287 g/mol. The van der Waals surface area contributed by atoms with Crippen LogP contribution in [0.25, 0.3) is 6.08 Å². The molecule has 74 valence electrons. The van der Waals surface area contributed by atoms with Gasteiger partial charge in [0.1, 0.15) is 5.75 Å². The lowest BCUT2D eigenvalue weighted by Crippen LogP contribution is -2.00. The molecule has 1 saturated carbocycles. The predicted octanol–water partition coefficient (Wildman–Crippen LogP) is 3.72. The van der Waals surface area contributed by atoms with Crippen molar-refractivity contribution in [1.29, 1.82) is 0 Å². The van der Waals surface area contributed by atoms with Crippen LogP contribution in [-0.4, -0.2) is 6.61 Å². The summed E-state index contributed by atoms with van der Waals surface area (Å²) in [6, 6.07) is 6.16. The highest BCUT2D eigenvalue weighted by atomic mass is 127. The number of ether oxygens (including phenoxy) is 1. The second-order valence-corrected chi connectivity index (χ2v) is 4.81. The monoisotopic (exact) mass is 300 g/mol. The molecule has 0 heterocycles. The molecule has 1 nitrogen and oxygen atoms in total. The van der Waals surface area contributed by atoms with E-state index in [0.717, 1.165) is 23.8 Å². The highest BCUT2D eigenvalue weighted by Crippen LogP contribution is 2.31. The van der Waals surface area contributed by atoms with E-state index in [1.165, 1.54) is 16.4 Å². The summed E-state index contributed by atoms with van der Waals surface area (Å²) in [4.78, 5) is 0. The Kier molecular flexibility index (Phi) is 3.11. The number of hydrogen-bond donors (Lipinski definition) is 0. The van der Waals surface area contributed by atoms with Crippen molar-refractivity contribution in [3.05, 3.63) is 33.9 Å². The van der Waals surface area contributed by atoms with Gasteiger partial charge in [-0.25, -0.2) is 0 Å². The summed E-state index contributed by atoms with van der Waals surface area (Å²) < 4.78 is 6.89. The first-order valence-electron chi connectivity index (χ1n) is 4.84. The third kappa shape index (κ3) is 2.50. The van der Waals surface area contributed by atoms with Gasteiger partial charge in [0.15, 0.2) is 0 Å². The minimum Gasteiger partial charge on any atom is -0.492 e. The predicted molar refractivity (Wildman–Crippen MR) is 67.5 cm³/mol. The van der Waals surface area contributed by atoms with Crippen LogP contribution in [0.4, 0.5) is 0 Å². The van der Waals surface area contributed by atoms with Gasteiger partial charge in [0.25, 0.3) is 0 Å². The molecule has 2 heteroatoms. The molecule has 0 spiro atoms. The van der Waals surface area contributed by atoms with Crippen molar-refractivity contribution in [1.82, 2.24) is 0 Å². The first-order valence-corrected chi connectivity index (χ1v) is 5.92. The number of halogens is 1. The fourth-order valence-corrected chi connectivity index (χ4v) is 1.95. The molecular formula is C12H13IO. The first kappa shape index (κ1) is 10.0. The molecule has 1 aromatic rings. The molecule has 0 saturated heterocycles. The fraction of sp³-hybridized carbons (Fsp3) is 0.333. The summed E-state index contributed by atoms with van der Waals surface area (Å²) in [7, 11) is 0. The third-order valence-corrected chi connectivity index (χ3v) is 3.21. The van der Waals surface area contributed by atoms with Gasteiger partial charge in [-0.3, -0.25) is 0 Å². The lowest BCUT2D eigenvalue weighted by molar-refractivity contribution is 0.298. The van der Waals surface area contributed by atoms with Gasteiger partial charge in [-0.05, 0) is 59.0 Å². The normalized spacial score (nSPS) is 15.2. The Morgan fingerprint density at radius 1 is 1.50 bits per heavy atom. The van der Waals surface area contributed by atoms with Crippen LogP contribution in [0.1, 0.15) is 18.4 Å². The summed E-state index contributed by atoms with van der Waals surface area (Å²) in [5, 5.41) is 0. The van der Waals surface area contributed by atoms with Gasteiger partial charge in [0.05, 0.1) is 10.2 Å². The van der Waals surface area contributed by atoms with E-state index >= 15 is 0 Å². The Labute approximate surface area is 98.3 Å². The Hall–Kier alpha value is -0.510. The maximum Gasteiger partial charge on any atom is 0.132 e. The maximum absolute atomic E-state index is 5.72. The number of benzene rings is 1. The zero-order valence-electron chi connectivity index (χ0n) is 8.00. The molecule has 0 N–H and O–H groups in total. The van der Waals surface area contributed by atoms with E-state index in [1.807, 2.05) is 18.2 Å². The van der Waals surface area contributed by atoms with Crippen molar-refractivity contribution < 1.29 is 4.74 Å². The van der Waals surface area contributed by atoms with E-state index in [4.69, 9.17) is 4.74 Å². The van der Waals surface area contributed by atoms with Crippen molar-refractivity contribution in [2.24, 2.45) is 5.92 Å². The molecule has 0 radical (unpaired) electrons. The van der Waals surface area contributed by atoms with Crippen molar-refractivity contribution in [3.8, 4) is 5.75 Å². The van der Waals surface area contributed by atoms with E-state index in [-0.39, 0.29) is 0 Å². The van der Waals surface area contributed by atoms with E-state index in [1.54, 1.807) is 0 Å². The zero-order chi connectivity index (χ0) is 9.97. The molecule has 0 amide bonds. The van der Waals surface area contributed by atoms with Crippen molar-refractivity contribution in [2.75, 3.05) is 6.61 Å². The molecule has 0 aromatic heterocycles. The largest absolute Gasteiger partial charge is 0.492 e. The minimum absolute atomic E-state index is 0.810. The molecule has 1 aliphatic rings. The summed E-state index contributed by atoms with van der Waals surface area (Å²) in [6.45, 7) is 4.62. The summed E-state index contributed by atoms with van der Waals surface area (Å²) >= 11 is 2.30. The standard InChI is InChI=1S/C12H13IO/c1-2-9-5-6-12(11(13)7-9)14-8-10-3-4-10/h2,5-7,10H,1,3-4,8H2. The molecule has 2 rings (SSSR count). The molecule has 14 heavy (non-hydrogen) atoms. The summed E-state index contributed by atoms with van der Waals surface area (Å²) in [6.07, 6.45) is 4.52. The number of rotatable bonds is 4. The highest BCUT2D eigenvalue weighted by Gasteiger charge is 2.22. The fourth-order valence-electron chi connectivity index (χ4n) is 1.25. The van der Waals surface area contributed by atoms with Crippen LogP contribution in [0.15, 0.2) is 24.8 Å². The Morgan fingerprint density at radius 2 is 2.29 bits per heavy atom. The number of hydrogen-bond acceptors (Lipinski definition) is 1. The second-order valence-electron chi connectivity index (χ2n) is 3.65. The van der Waals surface area contributed by atoms with Gasteiger partial charge in [-0.2, -0.15) is 0 Å². The van der Waals surface area contributed by atoms with Crippen LogP contribution in [0.2, 0.25) is 0 Å². The van der Waals surface area contributed by atoms with Crippen LogP contribution in [0.3, 0.4) is 0 Å². The smallest absolute Gasteiger partial charge is 0.132 e. The SMILES string of the molecule is C=Cc1ccc(OCC2CC2)c(I)c1. The quantitative estimate of drug-likeness (QED) is 0.770. The van der Waals surface area contributed by atoms with Gasteiger partial charge in [0.2, 0.25) is 0 Å². The molecule has 0 atom stereocenters. The average molecular weight is 300 g/mol. The summed E-state index contributed by atoms with van der Waals surface area (Å²) in [5.41, 5.74) is 1.15. The first-order chi connectivity index (χ1) is 6.79. The Bertz CT molecular complexity index is 342.